The molecule has 5 heteroatoms. The predicted molar refractivity (Wildman–Crippen MR) is 46.0 cm³/mol. The first kappa shape index (κ1) is 8.62. The molecule has 0 spiro atoms. The van der Waals surface area contributed by atoms with Crippen molar-refractivity contribution in [3.05, 3.63) is 12.2 Å². The van der Waals surface area contributed by atoms with Crippen LogP contribution in [0.4, 0.5) is 4.39 Å². The molecular formula is C8H13FN4. The average molecular weight is 184 g/mol. The van der Waals surface area contributed by atoms with Gasteiger partial charge in [0, 0.05) is 19.5 Å². The Morgan fingerprint density at radius 1 is 1.77 bits per heavy atom. The van der Waals surface area contributed by atoms with Gasteiger partial charge in [0.25, 0.3) is 0 Å². The lowest BCUT2D eigenvalue weighted by molar-refractivity contribution is 0.171. The lowest BCUT2D eigenvalue weighted by Crippen LogP contribution is -2.27. The molecule has 4 nitrogen and oxygen atoms in total. The van der Waals surface area contributed by atoms with Gasteiger partial charge in [0.2, 0.25) is 0 Å². The molecule has 1 aliphatic heterocycles. The molecule has 2 heterocycles. The number of aromatic nitrogens is 3. The van der Waals surface area contributed by atoms with Crippen molar-refractivity contribution in [2.75, 3.05) is 13.1 Å². The molecule has 1 aromatic heterocycles. The summed E-state index contributed by atoms with van der Waals surface area (Å²) in [5.41, 5.74) is -1.31. The Hall–Kier alpha value is -0.970. The molecule has 1 unspecified atom stereocenters. The topological polar surface area (TPSA) is 42.7 Å². The Morgan fingerprint density at radius 2 is 2.62 bits per heavy atom. The van der Waals surface area contributed by atoms with Crippen molar-refractivity contribution in [3.63, 3.8) is 0 Å². The van der Waals surface area contributed by atoms with Crippen LogP contribution in [0.2, 0.25) is 0 Å². The number of hydrogen-bond donors (Lipinski definition) is 1. The summed E-state index contributed by atoms with van der Waals surface area (Å²) >= 11 is 0. The Morgan fingerprint density at radius 3 is 3.23 bits per heavy atom. The SMILES string of the molecule is CCn1ncnc1C1(F)CCNC1. The van der Waals surface area contributed by atoms with Gasteiger partial charge in [-0.1, -0.05) is 0 Å². The van der Waals surface area contributed by atoms with Crippen LogP contribution in [0.1, 0.15) is 19.2 Å². The van der Waals surface area contributed by atoms with Crippen LogP contribution in [-0.4, -0.2) is 27.9 Å². The fraction of sp³-hybridized carbons (Fsp3) is 0.750. The molecule has 0 aliphatic carbocycles. The molecule has 72 valence electrons. The Balaban J connectivity index is 2.32. The fourth-order valence-electron chi connectivity index (χ4n) is 1.69. The maximum atomic E-state index is 14.1. The zero-order valence-electron chi connectivity index (χ0n) is 7.63. The summed E-state index contributed by atoms with van der Waals surface area (Å²) in [4.78, 5) is 3.98. The van der Waals surface area contributed by atoms with Crippen molar-refractivity contribution < 1.29 is 4.39 Å². The molecule has 0 saturated carbocycles. The van der Waals surface area contributed by atoms with Gasteiger partial charge in [0.05, 0.1) is 0 Å². The van der Waals surface area contributed by atoms with E-state index in [1.807, 2.05) is 6.92 Å². The third kappa shape index (κ3) is 1.33. The number of nitrogens with zero attached hydrogens (tertiary/aromatic N) is 3. The Kier molecular flexibility index (Phi) is 2.03. The van der Waals surface area contributed by atoms with Crippen molar-refractivity contribution in [2.45, 2.75) is 25.6 Å². The first-order valence-electron chi connectivity index (χ1n) is 4.54. The molecule has 13 heavy (non-hydrogen) atoms. The third-order valence-corrected chi connectivity index (χ3v) is 2.42. The highest BCUT2D eigenvalue weighted by Gasteiger charge is 2.39. The van der Waals surface area contributed by atoms with E-state index < -0.39 is 5.67 Å². The van der Waals surface area contributed by atoms with E-state index in [-0.39, 0.29) is 0 Å². The van der Waals surface area contributed by atoms with E-state index in [4.69, 9.17) is 0 Å². The van der Waals surface area contributed by atoms with Crippen LogP contribution in [0.25, 0.3) is 0 Å². The number of nitrogens with one attached hydrogen (secondary N) is 1. The molecule has 1 aromatic rings. The van der Waals surface area contributed by atoms with E-state index in [1.165, 1.54) is 6.33 Å². The minimum absolute atomic E-state index is 0.353. The molecule has 0 bridgehead atoms. The standard InChI is InChI=1S/C8H13FN4/c1-2-13-7(11-6-12-13)8(9)3-4-10-5-8/h6,10H,2-5H2,1H3. The molecule has 1 atom stereocenters. The molecule has 0 amide bonds. The molecule has 1 N–H and O–H groups in total. The van der Waals surface area contributed by atoms with Gasteiger partial charge >= 0.3 is 0 Å². The minimum Gasteiger partial charge on any atom is -0.313 e. The highest BCUT2D eigenvalue weighted by atomic mass is 19.1. The van der Waals surface area contributed by atoms with Crippen LogP contribution in [0.3, 0.4) is 0 Å². The fourth-order valence-corrected chi connectivity index (χ4v) is 1.69. The molecular weight excluding hydrogens is 171 g/mol. The zero-order chi connectivity index (χ0) is 9.31. The smallest absolute Gasteiger partial charge is 0.183 e. The van der Waals surface area contributed by atoms with Crippen LogP contribution in [0.5, 0.6) is 0 Å². The van der Waals surface area contributed by atoms with Gasteiger partial charge in [-0.15, -0.1) is 0 Å². The van der Waals surface area contributed by atoms with Gasteiger partial charge in [-0.25, -0.2) is 14.1 Å². The maximum absolute atomic E-state index is 14.1. The quantitative estimate of drug-likeness (QED) is 0.726. The molecule has 0 aromatic carbocycles. The molecule has 1 fully saturated rings. The molecule has 1 saturated heterocycles. The van der Waals surface area contributed by atoms with Gasteiger partial charge in [-0.2, -0.15) is 5.10 Å². The van der Waals surface area contributed by atoms with Crippen molar-refractivity contribution in [2.24, 2.45) is 0 Å². The molecule has 0 radical (unpaired) electrons. The van der Waals surface area contributed by atoms with Crippen LogP contribution >= 0.6 is 0 Å². The third-order valence-electron chi connectivity index (χ3n) is 2.42. The van der Waals surface area contributed by atoms with E-state index in [0.717, 1.165) is 0 Å². The van der Waals surface area contributed by atoms with Crippen LogP contribution in [0.15, 0.2) is 6.33 Å². The van der Waals surface area contributed by atoms with E-state index in [1.54, 1.807) is 4.68 Å². The maximum Gasteiger partial charge on any atom is 0.183 e. The first-order chi connectivity index (χ1) is 6.26. The van der Waals surface area contributed by atoms with Crippen LogP contribution < -0.4 is 5.32 Å². The van der Waals surface area contributed by atoms with Crippen molar-refractivity contribution in [3.8, 4) is 0 Å². The van der Waals surface area contributed by atoms with E-state index in [9.17, 15) is 4.39 Å². The minimum atomic E-state index is -1.31. The number of rotatable bonds is 2. The van der Waals surface area contributed by atoms with Crippen LogP contribution in [-0.2, 0) is 12.2 Å². The van der Waals surface area contributed by atoms with Gasteiger partial charge < -0.3 is 5.32 Å². The van der Waals surface area contributed by atoms with Crippen molar-refractivity contribution in [1.82, 2.24) is 20.1 Å². The van der Waals surface area contributed by atoms with Crippen LogP contribution in [0, 0.1) is 0 Å². The summed E-state index contributed by atoms with van der Waals surface area (Å²) in [7, 11) is 0. The lowest BCUT2D eigenvalue weighted by atomic mass is 10.1. The number of hydrogen-bond acceptors (Lipinski definition) is 3. The van der Waals surface area contributed by atoms with Gasteiger partial charge in [0.1, 0.15) is 6.33 Å². The second-order valence-corrected chi connectivity index (χ2v) is 3.29. The average Bonchev–Trinajstić information content (AvgIpc) is 2.72. The van der Waals surface area contributed by atoms with Crippen molar-refractivity contribution in [1.29, 1.82) is 0 Å². The second-order valence-electron chi connectivity index (χ2n) is 3.29. The zero-order valence-corrected chi connectivity index (χ0v) is 7.63. The first-order valence-corrected chi connectivity index (χ1v) is 4.54. The van der Waals surface area contributed by atoms with Gasteiger partial charge in [-0.05, 0) is 13.5 Å². The lowest BCUT2D eigenvalue weighted by Gasteiger charge is -2.17. The van der Waals surface area contributed by atoms with Gasteiger partial charge in [0.15, 0.2) is 11.5 Å². The highest BCUT2D eigenvalue weighted by Crippen LogP contribution is 2.30. The summed E-state index contributed by atoms with van der Waals surface area (Å²) in [5.74, 6) is 0.458. The summed E-state index contributed by atoms with van der Waals surface area (Å²) in [5, 5.41) is 6.96. The van der Waals surface area contributed by atoms with E-state index in [2.05, 4.69) is 15.4 Å². The summed E-state index contributed by atoms with van der Waals surface area (Å²) < 4.78 is 15.8. The second kappa shape index (κ2) is 3.06. The molecule has 1 aliphatic rings. The number of alkyl halides is 1. The summed E-state index contributed by atoms with van der Waals surface area (Å²) in [6, 6.07) is 0. The summed E-state index contributed by atoms with van der Waals surface area (Å²) in [6.07, 6.45) is 1.91. The molecule has 2 rings (SSSR count). The normalized spacial score (nSPS) is 28.2. The summed E-state index contributed by atoms with van der Waals surface area (Å²) in [6.45, 7) is 3.67. The largest absolute Gasteiger partial charge is 0.313 e. The van der Waals surface area contributed by atoms with Gasteiger partial charge in [-0.3, -0.25) is 0 Å². The number of aryl methyl sites for hydroxylation is 1. The van der Waals surface area contributed by atoms with E-state index in [0.29, 0.717) is 31.9 Å². The Bertz CT molecular complexity index is 290. The monoisotopic (exact) mass is 184 g/mol. The Labute approximate surface area is 76.2 Å². The number of halogens is 1. The predicted octanol–water partition coefficient (Wildman–Crippen LogP) is 0.456. The van der Waals surface area contributed by atoms with E-state index >= 15 is 0 Å². The van der Waals surface area contributed by atoms with Crippen molar-refractivity contribution >= 4 is 0 Å². The highest BCUT2D eigenvalue weighted by molar-refractivity contribution is 5.06.